The monoisotopic (exact) mass is 411 g/mol. The molecule has 1 saturated heterocycles. The van der Waals surface area contributed by atoms with Crippen LogP contribution < -0.4 is 25.9 Å². The Balaban J connectivity index is 1.62. The van der Waals surface area contributed by atoms with Gasteiger partial charge in [-0.3, -0.25) is 14.2 Å². The molecule has 0 spiro atoms. The van der Waals surface area contributed by atoms with Crippen molar-refractivity contribution in [1.82, 2.24) is 19.1 Å². The molecule has 0 bridgehead atoms. The summed E-state index contributed by atoms with van der Waals surface area (Å²) >= 11 is 0. The number of benzene rings is 1. The number of aryl methyl sites for hydroxylation is 2. The highest BCUT2D eigenvalue weighted by molar-refractivity contribution is 5.73. The number of anilines is 2. The summed E-state index contributed by atoms with van der Waals surface area (Å²) in [6, 6.07) is 3.57. The molecule has 0 amide bonds. The van der Waals surface area contributed by atoms with Crippen LogP contribution in [0, 0.1) is 6.92 Å². The van der Waals surface area contributed by atoms with Crippen LogP contribution >= 0.6 is 0 Å². The minimum absolute atomic E-state index is 0.141. The molecule has 0 atom stereocenters. The third-order valence-electron chi connectivity index (χ3n) is 5.57. The van der Waals surface area contributed by atoms with Gasteiger partial charge in [-0.15, -0.1) is 0 Å². The molecular formula is C20H21N5O5. The van der Waals surface area contributed by atoms with Crippen LogP contribution in [0.2, 0.25) is 0 Å². The maximum atomic E-state index is 12.8. The van der Waals surface area contributed by atoms with Crippen molar-refractivity contribution < 1.29 is 14.2 Å². The summed E-state index contributed by atoms with van der Waals surface area (Å²) in [4.78, 5) is 34.3. The van der Waals surface area contributed by atoms with Gasteiger partial charge < -0.3 is 24.1 Å². The molecule has 10 nitrogen and oxygen atoms in total. The van der Waals surface area contributed by atoms with Crippen LogP contribution in [0.3, 0.4) is 0 Å². The Labute approximate surface area is 171 Å². The lowest BCUT2D eigenvalue weighted by molar-refractivity contribution is 0.0695. The minimum atomic E-state index is -0.593. The van der Waals surface area contributed by atoms with E-state index in [1.54, 1.807) is 13.2 Å². The van der Waals surface area contributed by atoms with Crippen LogP contribution in [0.1, 0.15) is 24.4 Å². The number of hydrogen-bond donors (Lipinski definition) is 1. The van der Waals surface area contributed by atoms with Crippen molar-refractivity contribution in [3.63, 3.8) is 0 Å². The number of ether oxygens (including phenoxy) is 3. The summed E-state index contributed by atoms with van der Waals surface area (Å²) in [5.74, 6) is 1.66. The van der Waals surface area contributed by atoms with E-state index in [1.807, 2.05) is 19.1 Å². The molecule has 156 valence electrons. The Morgan fingerprint density at radius 3 is 2.60 bits per heavy atom. The number of rotatable bonds is 3. The minimum Gasteiger partial charge on any atom is -0.454 e. The average molecular weight is 411 g/mol. The highest BCUT2D eigenvalue weighted by Crippen LogP contribution is 2.37. The Hall–Kier alpha value is -3.40. The number of aromatic nitrogens is 4. The molecule has 10 heteroatoms. The van der Waals surface area contributed by atoms with Gasteiger partial charge in [0.25, 0.3) is 0 Å². The Morgan fingerprint density at radius 1 is 1.10 bits per heavy atom. The van der Waals surface area contributed by atoms with Gasteiger partial charge in [0.2, 0.25) is 12.7 Å². The topological polar surface area (TPSA) is 110 Å². The van der Waals surface area contributed by atoms with Gasteiger partial charge in [-0.25, -0.2) is 4.98 Å². The molecule has 1 N–H and O–H groups in total. The van der Waals surface area contributed by atoms with Crippen molar-refractivity contribution in [2.75, 3.05) is 25.3 Å². The highest BCUT2D eigenvalue weighted by atomic mass is 16.7. The molecule has 2 aliphatic heterocycles. The zero-order chi connectivity index (χ0) is 20.8. The summed E-state index contributed by atoms with van der Waals surface area (Å²) in [5, 5.41) is 3.19. The fourth-order valence-corrected chi connectivity index (χ4v) is 3.87. The van der Waals surface area contributed by atoms with Crippen molar-refractivity contribution in [2.24, 2.45) is 7.05 Å². The predicted molar refractivity (Wildman–Crippen MR) is 109 cm³/mol. The largest absolute Gasteiger partial charge is 0.454 e. The van der Waals surface area contributed by atoms with Crippen LogP contribution in [-0.2, 0) is 11.8 Å². The Morgan fingerprint density at radius 2 is 1.83 bits per heavy atom. The lowest BCUT2D eigenvalue weighted by atomic mass is 10.1. The summed E-state index contributed by atoms with van der Waals surface area (Å²) in [6.45, 7) is 3.21. The lowest BCUT2D eigenvalue weighted by Crippen LogP contribution is -2.43. The first kappa shape index (κ1) is 18.6. The smallest absolute Gasteiger partial charge is 0.318 e. The van der Waals surface area contributed by atoms with Crippen molar-refractivity contribution in [3.05, 3.63) is 44.6 Å². The van der Waals surface area contributed by atoms with Crippen molar-refractivity contribution in [1.29, 1.82) is 0 Å². The maximum Gasteiger partial charge on any atom is 0.318 e. The third-order valence-corrected chi connectivity index (χ3v) is 5.57. The van der Waals surface area contributed by atoms with Crippen LogP contribution in [0.15, 0.2) is 27.9 Å². The fourth-order valence-electron chi connectivity index (χ4n) is 3.87. The van der Waals surface area contributed by atoms with E-state index < -0.39 is 11.1 Å². The molecule has 0 aliphatic carbocycles. The zero-order valence-electron chi connectivity index (χ0n) is 16.7. The fraction of sp³-hybridized carbons (Fsp3) is 0.400. The van der Waals surface area contributed by atoms with E-state index in [2.05, 4.69) is 15.3 Å². The van der Waals surface area contributed by atoms with Gasteiger partial charge in [0, 0.05) is 38.1 Å². The van der Waals surface area contributed by atoms with Crippen molar-refractivity contribution in [3.8, 4) is 11.5 Å². The number of hydrogen-bond acceptors (Lipinski definition) is 8. The molecule has 5 rings (SSSR count). The van der Waals surface area contributed by atoms with Gasteiger partial charge in [-0.1, -0.05) is 0 Å². The standard InChI is InChI=1S/C20H21N5O5/c1-11-7-15-16(30-10-29-15)8-13(11)22-20-21-9-14-17(23-20)25(12-3-5-28-6-4-12)19(27)18(26)24(14)2/h7-9,12H,3-6,10H2,1-2H3,(H,21,22,23). The van der Waals surface area contributed by atoms with Crippen LogP contribution in [0.4, 0.5) is 11.6 Å². The van der Waals surface area contributed by atoms with Gasteiger partial charge in [-0.2, -0.15) is 4.98 Å². The highest BCUT2D eigenvalue weighted by Gasteiger charge is 2.23. The molecule has 0 unspecified atom stereocenters. The van der Waals surface area contributed by atoms with E-state index in [0.717, 1.165) is 11.3 Å². The third kappa shape index (κ3) is 3.00. The van der Waals surface area contributed by atoms with Crippen molar-refractivity contribution in [2.45, 2.75) is 25.8 Å². The number of nitrogens with one attached hydrogen (secondary N) is 1. The second-order valence-electron chi connectivity index (χ2n) is 7.43. The lowest BCUT2D eigenvalue weighted by Gasteiger charge is -2.25. The molecule has 0 saturated carbocycles. The normalized spacial score (nSPS) is 16.2. The molecular weight excluding hydrogens is 390 g/mol. The second-order valence-corrected chi connectivity index (χ2v) is 7.43. The van der Waals surface area contributed by atoms with Gasteiger partial charge >= 0.3 is 11.1 Å². The first-order valence-corrected chi connectivity index (χ1v) is 9.76. The second kappa shape index (κ2) is 7.13. The van der Waals surface area contributed by atoms with E-state index in [1.165, 1.54) is 9.13 Å². The SMILES string of the molecule is Cc1cc2c(cc1Nc1ncc3c(n1)n(C1CCOCC1)c(=O)c(=O)n3C)OCO2. The molecule has 2 aliphatic rings. The summed E-state index contributed by atoms with van der Waals surface area (Å²) in [6.07, 6.45) is 2.86. The van der Waals surface area contributed by atoms with E-state index in [-0.39, 0.29) is 12.8 Å². The van der Waals surface area contributed by atoms with Gasteiger partial charge in [0.1, 0.15) is 5.52 Å². The zero-order valence-corrected chi connectivity index (χ0v) is 16.7. The molecule has 1 fully saturated rings. The summed E-state index contributed by atoms with van der Waals surface area (Å²) in [5.41, 5.74) is 1.45. The predicted octanol–water partition coefficient (Wildman–Crippen LogP) is 1.62. The molecule has 3 aromatic rings. The number of nitrogens with zero attached hydrogens (tertiary/aromatic N) is 4. The maximum absolute atomic E-state index is 12.8. The van der Waals surface area contributed by atoms with Crippen LogP contribution in [-0.4, -0.2) is 39.1 Å². The van der Waals surface area contributed by atoms with E-state index >= 15 is 0 Å². The Bertz CT molecular complexity index is 1260. The summed E-state index contributed by atoms with van der Waals surface area (Å²) < 4.78 is 19.1. The van der Waals surface area contributed by atoms with E-state index in [4.69, 9.17) is 14.2 Å². The summed E-state index contributed by atoms with van der Waals surface area (Å²) in [7, 11) is 1.55. The quantitative estimate of drug-likeness (QED) is 0.648. The average Bonchev–Trinajstić information content (AvgIpc) is 3.20. The van der Waals surface area contributed by atoms with Crippen molar-refractivity contribution >= 4 is 22.8 Å². The van der Waals surface area contributed by atoms with Gasteiger partial charge in [-0.05, 0) is 31.4 Å². The molecule has 4 heterocycles. The van der Waals surface area contributed by atoms with E-state index in [9.17, 15) is 9.59 Å². The first-order chi connectivity index (χ1) is 14.5. The molecule has 30 heavy (non-hydrogen) atoms. The van der Waals surface area contributed by atoms with Crippen LogP contribution in [0.25, 0.3) is 11.2 Å². The molecule has 0 radical (unpaired) electrons. The van der Waals surface area contributed by atoms with Gasteiger partial charge in [0.15, 0.2) is 17.1 Å². The Kier molecular flexibility index (Phi) is 4.43. The van der Waals surface area contributed by atoms with Crippen LogP contribution in [0.5, 0.6) is 11.5 Å². The molecule has 1 aromatic carbocycles. The van der Waals surface area contributed by atoms with Gasteiger partial charge in [0.05, 0.1) is 6.20 Å². The first-order valence-electron chi connectivity index (χ1n) is 9.76. The number of fused-ring (bicyclic) bond motifs is 2. The molecule has 2 aromatic heterocycles. The van der Waals surface area contributed by atoms with E-state index in [0.29, 0.717) is 54.7 Å².